The van der Waals surface area contributed by atoms with Crippen molar-refractivity contribution in [2.24, 2.45) is 0 Å². The number of hydrogen-bond acceptors (Lipinski definition) is 6. The molecule has 28 heavy (non-hydrogen) atoms. The van der Waals surface area contributed by atoms with Gasteiger partial charge < -0.3 is 15.4 Å². The monoisotopic (exact) mass is 417 g/mol. The van der Waals surface area contributed by atoms with Crippen LogP contribution in [0.1, 0.15) is 33.6 Å². The average Bonchev–Trinajstić information content (AvgIpc) is 2.98. The van der Waals surface area contributed by atoms with E-state index in [1.54, 1.807) is 6.92 Å². The number of thiophene rings is 1. The van der Waals surface area contributed by atoms with E-state index in [1.807, 2.05) is 31.2 Å². The number of fused-ring (bicyclic) bond motifs is 1. The van der Waals surface area contributed by atoms with Crippen molar-refractivity contribution in [3.8, 4) is 0 Å². The second-order valence-corrected chi connectivity index (χ2v) is 8.30. The van der Waals surface area contributed by atoms with Crippen molar-refractivity contribution in [1.29, 1.82) is 0 Å². The van der Waals surface area contributed by atoms with E-state index in [2.05, 4.69) is 15.3 Å². The van der Waals surface area contributed by atoms with Gasteiger partial charge in [0.25, 0.3) is 11.5 Å². The number of H-pyrrole nitrogens is 1. The second kappa shape index (κ2) is 8.57. The molecule has 0 atom stereocenters. The fraction of sp³-hybridized carbons (Fsp3) is 0.263. The molecule has 2 aromatic heterocycles. The van der Waals surface area contributed by atoms with Crippen LogP contribution in [0.4, 0.5) is 5.69 Å². The van der Waals surface area contributed by atoms with Gasteiger partial charge in [-0.05, 0) is 37.5 Å². The predicted octanol–water partition coefficient (Wildman–Crippen LogP) is 3.81. The molecule has 3 N–H and O–H groups in total. The number of aromatic amines is 1. The van der Waals surface area contributed by atoms with E-state index in [0.29, 0.717) is 38.0 Å². The Labute approximate surface area is 169 Å². The third kappa shape index (κ3) is 4.42. The summed E-state index contributed by atoms with van der Waals surface area (Å²) in [6.45, 7) is 3.65. The number of carbonyl (C=O) groups excluding carboxylic acids is 1. The smallest absolute Gasteiger partial charge is 0.303 e. The van der Waals surface area contributed by atoms with E-state index >= 15 is 0 Å². The molecular weight excluding hydrogens is 398 g/mol. The Morgan fingerprint density at radius 1 is 1.29 bits per heavy atom. The first-order valence-corrected chi connectivity index (χ1v) is 10.4. The highest BCUT2D eigenvalue weighted by Crippen LogP contribution is 2.29. The van der Waals surface area contributed by atoms with E-state index in [0.717, 1.165) is 11.3 Å². The minimum absolute atomic E-state index is 0.0702. The second-order valence-electron chi connectivity index (χ2n) is 6.22. The zero-order valence-corrected chi connectivity index (χ0v) is 17.0. The third-order valence-corrected chi connectivity index (χ3v) is 6.30. The summed E-state index contributed by atoms with van der Waals surface area (Å²) >= 11 is 2.47. The van der Waals surface area contributed by atoms with Crippen LogP contribution in [-0.2, 0) is 4.79 Å². The highest BCUT2D eigenvalue weighted by molar-refractivity contribution is 7.99. The molecule has 0 unspecified atom stereocenters. The summed E-state index contributed by atoms with van der Waals surface area (Å²) < 4.78 is 0. The van der Waals surface area contributed by atoms with Crippen LogP contribution in [-0.4, -0.2) is 32.7 Å². The van der Waals surface area contributed by atoms with Crippen molar-refractivity contribution < 1.29 is 14.7 Å². The third-order valence-electron chi connectivity index (χ3n) is 4.15. The molecule has 3 rings (SSSR count). The van der Waals surface area contributed by atoms with Crippen LogP contribution in [0, 0.1) is 13.8 Å². The molecule has 3 aromatic rings. The van der Waals surface area contributed by atoms with Gasteiger partial charge in [0.15, 0.2) is 5.16 Å². The Bertz CT molecular complexity index is 1100. The van der Waals surface area contributed by atoms with Gasteiger partial charge in [0, 0.05) is 17.9 Å². The molecule has 1 amide bonds. The van der Waals surface area contributed by atoms with Crippen molar-refractivity contribution in [3.05, 3.63) is 50.6 Å². The van der Waals surface area contributed by atoms with Crippen molar-refractivity contribution in [2.75, 3.05) is 11.1 Å². The number of carbonyl (C=O) groups is 2. The number of hydrogen-bond donors (Lipinski definition) is 3. The number of aryl methyl sites for hydroxylation is 2. The highest BCUT2D eigenvalue weighted by Gasteiger charge is 2.20. The van der Waals surface area contributed by atoms with Crippen LogP contribution >= 0.6 is 23.1 Å². The minimum atomic E-state index is -0.851. The first kappa shape index (κ1) is 20.1. The summed E-state index contributed by atoms with van der Waals surface area (Å²) in [6, 6.07) is 7.48. The molecule has 1 aromatic carbocycles. The number of para-hydroxylation sites is 1. The predicted molar refractivity (Wildman–Crippen MR) is 112 cm³/mol. The number of benzene rings is 1. The molecule has 0 spiro atoms. The van der Waals surface area contributed by atoms with E-state index in [1.165, 1.54) is 23.1 Å². The Morgan fingerprint density at radius 3 is 2.75 bits per heavy atom. The van der Waals surface area contributed by atoms with E-state index in [-0.39, 0.29) is 17.9 Å². The number of carboxylic acids is 1. The van der Waals surface area contributed by atoms with Gasteiger partial charge in [0.2, 0.25) is 0 Å². The number of anilines is 1. The van der Waals surface area contributed by atoms with Gasteiger partial charge in [-0.15, -0.1) is 11.3 Å². The fourth-order valence-electron chi connectivity index (χ4n) is 2.69. The molecule has 0 radical (unpaired) electrons. The highest BCUT2D eigenvalue weighted by atomic mass is 32.2. The molecule has 7 nitrogen and oxygen atoms in total. The quantitative estimate of drug-likeness (QED) is 0.306. The number of nitrogens with zero attached hydrogens (tertiary/aromatic N) is 1. The average molecular weight is 418 g/mol. The lowest BCUT2D eigenvalue weighted by Crippen LogP contribution is -2.13. The van der Waals surface area contributed by atoms with Gasteiger partial charge in [-0.25, -0.2) is 4.98 Å². The number of thioether (sulfide) groups is 1. The van der Waals surface area contributed by atoms with Crippen molar-refractivity contribution in [2.45, 2.75) is 31.8 Å². The summed E-state index contributed by atoms with van der Waals surface area (Å²) in [6.07, 6.45) is 0.552. The number of amides is 1. The normalized spacial score (nSPS) is 10.9. The van der Waals surface area contributed by atoms with Gasteiger partial charge in [0.05, 0.1) is 10.3 Å². The maximum Gasteiger partial charge on any atom is 0.303 e. The van der Waals surface area contributed by atoms with E-state index in [9.17, 15) is 14.4 Å². The van der Waals surface area contributed by atoms with Gasteiger partial charge in [0.1, 0.15) is 4.83 Å². The summed E-state index contributed by atoms with van der Waals surface area (Å²) in [7, 11) is 0. The van der Waals surface area contributed by atoms with Crippen molar-refractivity contribution >= 4 is 50.9 Å². The Morgan fingerprint density at radius 2 is 2.04 bits per heavy atom. The van der Waals surface area contributed by atoms with Crippen molar-refractivity contribution in [3.63, 3.8) is 0 Å². The molecule has 0 aliphatic rings. The van der Waals surface area contributed by atoms with Crippen LogP contribution in [0.2, 0.25) is 0 Å². The zero-order valence-electron chi connectivity index (χ0n) is 15.4. The Hall–Kier alpha value is -2.65. The van der Waals surface area contributed by atoms with Gasteiger partial charge in [-0.3, -0.25) is 14.4 Å². The van der Waals surface area contributed by atoms with Gasteiger partial charge >= 0.3 is 5.97 Å². The number of aliphatic carboxylic acids is 1. The molecule has 2 heterocycles. The Balaban J connectivity index is 1.84. The molecule has 0 bridgehead atoms. The summed E-state index contributed by atoms with van der Waals surface area (Å²) in [4.78, 5) is 43.9. The molecule has 0 fully saturated rings. The van der Waals surface area contributed by atoms with E-state index < -0.39 is 5.97 Å². The van der Waals surface area contributed by atoms with Gasteiger partial charge in [-0.2, -0.15) is 0 Å². The number of aromatic nitrogens is 2. The lowest BCUT2D eigenvalue weighted by atomic mass is 10.2. The van der Waals surface area contributed by atoms with Crippen LogP contribution in [0.15, 0.2) is 34.2 Å². The number of carboxylic acid groups (broad SMARTS) is 1. The standard InChI is InChI=1S/C19H19N3O4S2/c1-10-6-3-4-7-12(10)20-17(26)15-11(2)14-16(25)21-19(22-18(14)28-15)27-9-5-8-13(23)24/h3-4,6-7H,5,8-9H2,1-2H3,(H,20,26)(H,23,24)(H,21,22,25). The first-order chi connectivity index (χ1) is 13.4. The summed E-state index contributed by atoms with van der Waals surface area (Å²) in [5.41, 5.74) is 1.98. The minimum Gasteiger partial charge on any atom is -0.481 e. The van der Waals surface area contributed by atoms with Crippen LogP contribution < -0.4 is 10.9 Å². The summed E-state index contributed by atoms with van der Waals surface area (Å²) in [5.74, 6) is -0.591. The first-order valence-electron chi connectivity index (χ1n) is 8.62. The molecule has 0 saturated heterocycles. The molecule has 146 valence electrons. The topological polar surface area (TPSA) is 112 Å². The van der Waals surface area contributed by atoms with Crippen LogP contribution in [0.3, 0.4) is 0 Å². The zero-order chi connectivity index (χ0) is 20.3. The molecule has 0 aliphatic carbocycles. The largest absolute Gasteiger partial charge is 0.481 e. The van der Waals surface area contributed by atoms with Gasteiger partial charge in [-0.1, -0.05) is 30.0 Å². The number of nitrogens with one attached hydrogen (secondary N) is 2. The van der Waals surface area contributed by atoms with Crippen LogP contribution in [0.5, 0.6) is 0 Å². The van der Waals surface area contributed by atoms with Crippen LogP contribution in [0.25, 0.3) is 10.2 Å². The Kier molecular flexibility index (Phi) is 6.15. The summed E-state index contributed by atoms with van der Waals surface area (Å²) in [5, 5.41) is 12.4. The SMILES string of the molecule is Cc1ccccc1NC(=O)c1sc2nc(SCCCC(=O)O)[nH]c(=O)c2c1C. The van der Waals surface area contributed by atoms with Crippen molar-refractivity contribution in [1.82, 2.24) is 9.97 Å². The molecular formula is C19H19N3O4S2. The maximum atomic E-state index is 12.7. The lowest BCUT2D eigenvalue weighted by molar-refractivity contribution is -0.137. The number of rotatable bonds is 7. The molecule has 0 aliphatic heterocycles. The molecule has 0 saturated carbocycles. The molecule has 9 heteroatoms. The maximum absolute atomic E-state index is 12.7. The fourth-order valence-corrected chi connectivity index (χ4v) is 4.63. The lowest BCUT2D eigenvalue weighted by Gasteiger charge is -2.07. The van der Waals surface area contributed by atoms with E-state index in [4.69, 9.17) is 5.11 Å².